The Morgan fingerprint density at radius 3 is 2.55 bits per heavy atom. The molecular weight excluding hydrogens is 260 g/mol. The number of nitrogens with zero attached hydrogens (tertiary/aromatic N) is 2. The Bertz CT molecular complexity index is 640. The van der Waals surface area contributed by atoms with Crippen molar-refractivity contribution >= 4 is 23.1 Å². The largest absolute Gasteiger partial charge is 0.372 e. The Morgan fingerprint density at radius 1 is 1.25 bits per heavy atom. The molecule has 0 unspecified atom stereocenters. The van der Waals surface area contributed by atoms with E-state index >= 15 is 0 Å². The molecule has 0 aliphatic heterocycles. The molecule has 2 N–H and O–H groups in total. The molecule has 0 atom stereocenters. The third-order valence-corrected chi connectivity index (χ3v) is 2.63. The van der Waals surface area contributed by atoms with Crippen molar-refractivity contribution in [3.05, 3.63) is 58.3 Å². The van der Waals surface area contributed by atoms with Gasteiger partial charge < -0.3 is 10.6 Å². The predicted octanol–water partition coefficient (Wildman–Crippen LogP) is 2.28. The molecule has 0 radical (unpaired) electrons. The monoisotopic (exact) mass is 272 g/mol. The molecule has 2 aromatic rings. The molecule has 2 rings (SSSR count). The van der Waals surface area contributed by atoms with Gasteiger partial charge in [0, 0.05) is 31.1 Å². The van der Waals surface area contributed by atoms with Crippen LogP contribution in [0.25, 0.3) is 0 Å². The Hall–Kier alpha value is -2.96. The fourth-order valence-electron chi connectivity index (χ4n) is 1.65. The van der Waals surface area contributed by atoms with Gasteiger partial charge in [0.1, 0.15) is 5.82 Å². The van der Waals surface area contributed by atoms with Gasteiger partial charge in [-0.3, -0.25) is 14.9 Å². The number of nitrogens with one attached hydrogen (secondary N) is 2. The van der Waals surface area contributed by atoms with Crippen LogP contribution in [0, 0.1) is 10.1 Å². The van der Waals surface area contributed by atoms with Crippen LogP contribution < -0.4 is 10.6 Å². The first-order valence-electron chi connectivity index (χ1n) is 5.80. The van der Waals surface area contributed by atoms with Gasteiger partial charge in [-0.1, -0.05) is 0 Å². The van der Waals surface area contributed by atoms with Gasteiger partial charge in [-0.25, -0.2) is 4.98 Å². The second kappa shape index (κ2) is 5.79. The summed E-state index contributed by atoms with van der Waals surface area (Å²) >= 11 is 0. The van der Waals surface area contributed by atoms with Gasteiger partial charge in [-0.2, -0.15) is 0 Å². The highest BCUT2D eigenvalue weighted by Gasteiger charge is 2.12. The van der Waals surface area contributed by atoms with Crippen LogP contribution in [0.5, 0.6) is 0 Å². The molecular formula is C13H12N4O3. The molecule has 0 bridgehead atoms. The molecule has 0 saturated carbocycles. The molecule has 7 heteroatoms. The van der Waals surface area contributed by atoms with E-state index in [9.17, 15) is 14.9 Å². The van der Waals surface area contributed by atoms with Gasteiger partial charge in [0.25, 0.3) is 11.6 Å². The molecule has 102 valence electrons. The van der Waals surface area contributed by atoms with E-state index in [4.69, 9.17) is 0 Å². The number of carbonyl (C=O) groups is 1. The number of non-ortho nitro benzene ring substituents is 1. The zero-order chi connectivity index (χ0) is 14.5. The normalized spacial score (nSPS) is 9.85. The summed E-state index contributed by atoms with van der Waals surface area (Å²) in [6.45, 7) is 0. The predicted molar refractivity (Wildman–Crippen MR) is 74.8 cm³/mol. The van der Waals surface area contributed by atoms with Gasteiger partial charge in [0.05, 0.1) is 10.5 Å². The molecule has 0 saturated heterocycles. The molecule has 0 aliphatic rings. The van der Waals surface area contributed by atoms with Crippen LogP contribution in [0.4, 0.5) is 17.2 Å². The number of benzene rings is 1. The van der Waals surface area contributed by atoms with Gasteiger partial charge in [0.15, 0.2) is 0 Å². The number of anilines is 2. The molecule has 1 aromatic carbocycles. The highest BCUT2D eigenvalue weighted by atomic mass is 16.6. The average Bonchev–Trinajstić information content (AvgIpc) is 2.47. The minimum absolute atomic E-state index is 0.0275. The first kappa shape index (κ1) is 13.5. The fourth-order valence-corrected chi connectivity index (χ4v) is 1.65. The topological polar surface area (TPSA) is 97.2 Å². The lowest BCUT2D eigenvalue weighted by molar-refractivity contribution is -0.384. The van der Waals surface area contributed by atoms with Crippen molar-refractivity contribution in [1.82, 2.24) is 4.98 Å². The summed E-state index contributed by atoms with van der Waals surface area (Å²) in [5.41, 5.74) is 0.847. The fraction of sp³-hybridized carbons (Fsp3) is 0.0769. The van der Waals surface area contributed by atoms with E-state index in [0.717, 1.165) is 0 Å². The van der Waals surface area contributed by atoms with Crippen molar-refractivity contribution in [3.63, 3.8) is 0 Å². The number of nitro benzene ring substituents is 1. The van der Waals surface area contributed by atoms with E-state index < -0.39 is 4.92 Å². The zero-order valence-corrected chi connectivity index (χ0v) is 10.7. The minimum Gasteiger partial charge on any atom is -0.372 e. The van der Waals surface area contributed by atoms with Crippen molar-refractivity contribution in [1.29, 1.82) is 0 Å². The third kappa shape index (κ3) is 2.89. The van der Waals surface area contributed by atoms with E-state index in [0.29, 0.717) is 17.1 Å². The second-order valence-electron chi connectivity index (χ2n) is 3.91. The first-order valence-corrected chi connectivity index (χ1v) is 5.80. The van der Waals surface area contributed by atoms with Crippen LogP contribution in [-0.2, 0) is 0 Å². The lowest BCUT2D eigenvalue weighted by Crippen LogP contribution is -2.14. The average molecular weight is 272 g/mol. The smallest absolute Gasteiger partial charge is 0.269 e. The maximum absolute atomic E-state index is 12.1. The summed E-state index contributed by atoms with van der Waals surface area (Å²) in [6.07, 6.45) is 1.58. The van der Waals surface area contributed by atoms with E-state index in [1.54, 1.807) is 25.4 Å². The van der Waals surface area contributed by atoms with E-state index in [1.807, 2.05) is 0 Å². The van der Waals surface area contributed by atoms with Crippen molar-refractivity contribution in [2.75, 3.05) is 17.7 Å². The van der Waals surface area contributed by atoms with Gasteiger partial charge in [0.2, 0.25) is 0 Å². The Kier molecular flexibility index (Phi) is 3.90. The highest BCUT2D eigenvalue weighted by Crippen LogP contribution is 2.17. The lowest BCUT2D eigenvalue weighted by atomic mass is 10.2. The van der Waals surface area contributed by atoms with Gasteiger partial charge >= 0.3 is 0 Å². The molecule has 7 nitrogen and oxygen atoms in total. The summed E-state index contributed by atoms with van der Waals surface area (Å²) in [6, 6.07) is 8.91. The SMILES string of the molecule is CNc1ncccc1C(=O)Nc1ccc([N+](=O)[O-])cc1. The Balaban J connectivity index is 2.17. The zero-order valence-electron chi connectivity index (χ0n) is 10.7. The molecule has 20 heavy (non-hydrogen) atoms. The van der Waals surface area contributed by atoms with Crippen molar-refractivity contribution in [2.45, 2.75) is 0 Å². The van der Waals surface area contributed by atoms with Crippen molar-refractivity contribution < 1.29 is 9.72 Å². The van der Waals surface area contributed by atoms with E-state index in [2.05, 4.69) is 15.6 Å². The van der Waals surface area contributed by atoms with Crippen molar-refractivity contribution in [2.24, 2.45) is 0 Å². The van der Waals surface area contributed by atoms with Crippen LogP contribution >= 0.6 is 0 Å². The number of amides is 1. The van der Waals surface area contributed by atoms with Crippen molar-refractivity contribution in [3.8, 4) is 0 Å². The molecule has 0 fully saturated rings. The van der Waals surface area contributed by atoms with Crippen LogP contribution in [0.3, 0.4) is 0 Å². The van der Waals surface area contributed by atoms with E-state index in [-0.39, 0.29) is 11.6 Å². The van der Waals surface area contributed by atoms with Crippen LogP contribution in [0.15, 0.2) is 42.6 Å². The first-order chi connectivity index (χ1) is 9.61. The molecule has 0 spiro atoms. The highest BCUT2D eigenvalue weighted by molar-refractivity contribution is 6.07. The van der Waals surface area contributed by atoms with Crippen LogP contribution in [0.1, 0.15) is 10.4 Å². The lowest BCUT2D eigenvalue weighted by Gasteiger charge is -2.08. The number of pyridine rings is 1. The number of hydrogen-bond donors (Lipinski definition) is 2. The molecule has 0 aliphatic carbocycles. The summed E-state index contributed by atoms with van der Waals surface area (Å²) in [5.74, 6) is 0.128. The van der Waals surface area contributed by atoms with Crippen LogP contribution in [0.2, 0.25) is 0 Å². The Labute approximate surface area is 114 Å². The molecule has 1 aromatic heterocycles. The Morgan fingerprint density at radius 2 is 1.95 bits per heavy atom. The van der Waals surface area contributed by atoms with Crippen LogP contribution in [-0.4, -0.2) is 22.9 Å². The summed E-state index contributed by atoms with van der Waals surface area (Å²) in [5, 5.41) is 16.0. The molecule has 1 heterocycles. The number of hydrogen-bond acceptors (Lipinski definition) is 5. The number of nitro groups is 1. The summed E-state index contributed by atoms with van der Waals surface area (Å²) < 4.78 is 0. The number of rotatable bonds is 4. The summed E-state index contributed by atoms with van der Waals surface area (Å²) in [4.78, 5) is 26.2. The maximum Gasteiger partial charge on any atom is 0.269 e. The third-order valence-electron chi connectivity index (χ3n) is 2.63. The van der Waals surface area contributed by atoms with Gasteiger partial charge in [-0.15, -0.1) is 0 Å². The maximum atomic E-state index is 12.1. The standard InChI is InChI=1S/C13H12N4O3/c1-14-12-11(3-2-8-15-12)13(18)16-9-4-6-10(7-5-9)17(19)20/h2-8H,1H3,(H,14,15)(H,16,18). The van der Waals surface area contributed by atoms with Gasteiger partial charge in [-0.05, 0) is 24.3 Å². The number of carbonyl (C=O) groups excluding carboxylic acids is 1. The number of aromatic nitrogens is 1. The second-order valence-corrected chi connectivity index (χ2v) is 3.91. The molecule has 1 amide bonds. The minimum atomic E-state index is -0.494. The van der Waals surface area contributed by atoms with E-state index in [1.165, 1.54) is 24.3 Å². The quantitative estimate of drug-likeness (QED) is 0.657. The summed E-state index contributed by atoms with van der Waals surface area (Å²) in [7, 11) is 1.67.